The van der Waals surface area contributed by atoms with Crippen LogP contribution in [0.25, 0.3) is 16.7 Å². The Kier molecular flexibility index (Phi) is 3.66. The second-order valence-electron chi connectivity index (χ2n) is 6.69. The quantitative estimate of drug-likeness (QED) is 0.716. The van der Waals surface area contributed by atoms with Crippen LogP contribution >= 0.6 is 0 Å². The van der Waals surface area contributed by atoms with Crippen LogP contribution in [0.2, 0.25) is 0 Å². The van der Waals surface area contributed by atoms with Crippen LogP contribution in [0.4, 0.5) is 5.95 Å². The summed E-state index contributed by atoms with van der Waals surface area (Å²) in [4.78, 5) is 22.3. The molecule has 1 saturated heterocycles. The molecule has 1 aliphatic heterocycles. The zero-order valence-corrected chi connectivity index (χ0v) is 14.7. The van der Waals surface area contributed by atoms with Crippen molar-refractivity contribution in [3.8, 4) is 5.82 Å². The number of aryl methyl sites for hydroxylation is 1. The highest BCUT2D eigenvalue weighted by molar-refractivity contribution is 5.90. The van der Waals surface area contributed by atoms with Gasteiger partial charge in [-0.1, -0.05) is 12.1 Å². The van der Waals surface area contributed by atoms with Crippen molar-refractivity contribution in [2.24, 2.45) is 0 Å². The van der Waals surface area contributed by atoms with E-state index in [1.54, 1.807) is 35.0 Å². The van der Waals surface area contributed by atoms with E-state index in [1.807, 2.05) is 19.1 Å². The molecule has 3 N–H and O–H groups in total. The Morgan fingerprint density at radius 3 is 2.88 bits per heavy atom. The summed E-state index contributed by atoms with van der Waals surface area (Å²) in [6.45, 7) is 2.55. The summed E-state index contributed by atoms with van der Waals surface area (Å²) in [7, 11) is 1.71. The molecule has 0 saturated carbocycles. The van der Waals surface area contributed by atoms with E-state index >= 15 is 0 Å². The average Bonchev–Trinajstić information content (AvgIpc) is 2.96. The average molecular weight is 352 g/mol. The fourth-order valence-electron chi connectivity index (χ4n) is 3.55. The molecule has 1 fully saturated rings. The number of likely N-dealkylation sites (tertiary alicyclic amines) is 1. The van der Waals surface area contributed by atoms with Gasteiger partial charge in [0.05, 0.1) is 11.2 Å². The fraction of sp³-hybridized carbons (Fsp3) is 0.333. The van der Waals surface area contributed by atoms with Gasteiger partial charge in [-0.15, -0.1) is 0 Å². The number of likely N-dealkylation sites (N-methyl/N-ethyl adjacent to an activating group) is 1. The van der Waals surface area contributed by atoms with Crippen molar-refractivity contribution in [3.05, 3.63) is 41.7 Å². The van der Waals surface area contributed by atoms with Crippen LogP contribution in [0.1, 0.15) is 24.1 Å². The van der Waals surface area contributed by atoms with Crippen molar-refractivity contribution in [2.75, 3.05) is 19.3 Å². The maximum Gasteiger partial charge on any atom is 0.258 e. The Morgan fingerprint density at radius 2 is 2.12 bits per heavy atom. The number of amides is 1. The molecule has 8 nitrogen and oxygen atoms in total. The van der Waals surface area contributed by atoms with E-state index < -0.39 is 5.60 Å². The number of nitrogens with zero attached hydrogens (tertiary/aromatic N) is 5. The molecule has 4 rings (SSSR count). The van der Waals surface area contributed by atoms with Gasteiger partial charge in [0.15, 0.2) is 11.4 Å². The number of anilines is 1. The van der Waals surface area contributed by atoms with Crippen LogP contribution in [0.15, 0.2) is 30.5 Å². The van der Waals surface area contributed by atoms with E-state index in [-0.39, 0.29) is 11.9 Å². The van der Waals surface area contributed by atoms with Gasteiger partial charge in [-0.2, -0.15) is 10.1 Å². The highest BCUT2D eigenvalue weighted by Crippen LogP contribution is 2.34. The lowest BCUT2D eigenvalue weighted by molar-refractivity contribution is -0.156. The predicted octanol–water partition coefficient (Wildman–Crippen LogP) is 1.15. The summed E-state index contributed by atoms with van der Waals surface area (Å²) in [5.41, 5.74) is 6.31. The lowest BCUT2D eigenvalue weighted by Crippen LogP contribution is -2.49. The first-order valence-electron chi connectivity index (χ1n) is 8.47. The van der Waals surface area contributed by atoms with Gasteiger partial charge in [-0.3, -0.25) is 4.79 Å². The third kappa shape index (κ3) is 2.41. The molecule has 0 aliphatic carbocycles. The van der Waals surface area contributed by atoms with Crippen molar-refractivity contribution in [3.63, 3.8) is 0 Å². The number of hydrogen-bond donors (Lipinski definition) is 2. The van der Waals surface area contributed by atoms with Crippen molar-refractivity contribution in [1.82, 2.24) is 24.6 Å². The number of piperidine rings is 1. The third-order valence-electron chi connectivity index (χ3n) is 4.95. The minimum absolute atomic E-state index is 0.155. The number of nitrogen functional groups attached to an aromatic ring is 1. The number of hydrogen-bond acceptors (Lipinski definition) is 6. The number of carbonyl (C=O) groups is 1. The molecule has 1 aliphatic rings. The maximum atomic E-state index is 12.6. The minimum atomic E-state index is -1.52. The molecule has 1 amide bonds. The van der Waals surface area contributed by atoms with Gasteiger partial charge in [-0.05, 0) is 31.4 Å². The maximum absolute atomic E-state index is 12.6. The molecule has 3 aromatic rings. The number of rotatable bonds is 2. The lowest BCUT2D eigenvalue weighted by atomic mass is 9.84. The van der Waals surface area contributed by atoms with Crippen molar-refractivity contribution < 1.29 is 9.90 Å². The summed E-state index contributed by atoms with van der Waals surface area (Å²) in [5, 5.41) is 16.5. The van der Waals surface area contributed by atoms with Crippen LogP contribution in [0.5, 0.6) is 0 Å². The number of aliphatic hydroxyl groups is 1. The summed E-state index contributed by atoms with van der Waals surface area (Å²) in [6.07, 6.45) is 2.71. The van der Waals surface area contributed by atoms with E-state index in [0.717, 1.165) is 23.0 Å². The van der Waals surface area contributed by atoms with E-state index in [9.17, 15) is 9.90 Å². The second-order valence-corrected chi connectivity index (χ2v) is 6.69. The summed E-state index contributed by atoms with van der Waals surface area (Å²) >= 11 is 0. The van der Waals surface area contributed by atoms with Gasteiger partial charge in [0.25, 0.3) is 5.91 Å². The van der Waals surface area contributed by atoms with Crippen LogP contribution in [-0.4, -0.2) is 49.3 Å². The van der Waals surface area contributed by atoms with Gasteiger partial charge < -0.3 is 15.7 Å². The first-order chi connectivity index (χ1) is 12.4. The highest BCUT2D eigenvalue weighted by Gasteiger charge is 2.42. The number of aromatic nitrogens is 4. The van der Waals surface area contributed by atoms with Gasteiger partial charge in [-0.25, -0.2) is 9.67 Å². The summed E-state index contributed by atoms with van der Waals surface area (Å²) in [6, 6.07) is 7.20. The summed E-state index contributed by atoms with van der Waals surface area (Å²) < 4.78 is 1.66. The van der Waals surface area contributed by atoms with E-state index in [0.29, 0.717) is 24.3 Å². The molecule has 0 bridgehead atoms. The number of benzene rings is 1. The van der Waals surface area contributed by atoms with Gasteiger partial charge in [0.1, 0.15) is 0 Å². The SMILES string of the molecule is Cc1nn(-c2ccnc(N)n2)c2cc(C3(O)CCCN(C)C3=O)ccc12. The molecular formula is C18H20N6O2. The fourth-order valence-corrected chi connectivity index (χ4v) is 3.55. The Bertz CT molecular complexity index is 1010. The van der Waals surface area contributed by atoms with E-state index in [1.165, 1.54) is 0 Å². The van der Waals surface area contributed by atoms with Gasteiger partial charge in [0.2, 0.25) is 5.95 Å². The van der Waals surface area contributed by atoms with Crippen LogP contribution in [0, 0.1) is 6.92 Å². The molecule has 8 heteroatoms. The molecule has 1 aromatic carbocycles. The largest absolute Gasteiger partial charge is 0.375 e. The second kappa shape index (κ2) is 5.77. The molecule has 0 radical (unpaired) electrons. The van der Waals surface area contributed by atoms with Crippen LogP contribution in [-0.2, 0) is 10.4 Å². The number of carbonyl (C=O) groups excluding carboxylic acids is 1. The van der Waals surface area contributed by atoms with Gasteiger partial charge >= 0.3 is 0 Å². The number of fused-ring (bicyclic) bond motifs is 1. The molecule has 3 heterocycles. The topological polar surface area (TPSA) is 110 Å². The van der Waals surface area contributed by atoms with Crippen molar-refractivity contribution in [2.45, 2.75) is 25.4 Å². The normalized spacial score (nSPS) is 20.7. The first-order valence-corrected chi connectivity index (χ1v) is 8.47. The third-order valence-corrected chi connectivity index (χ3v) is 4.95. The monoisotopic (exact) mass is 352 g/mol. The Morgan fingerprint density at radius 1 is 1.31 bits per heavy atom. The minimum Gasteiger partial charge on any atom is -0.375 e. The molecule has 0 spiro atoms. The highest BCUT2D eigenvalue weighted by atomic mass is 16.3. The predicted molar refractivity (Wildman–Crippen MR) is 96.6 cm³/mol. The summed E-state index contributed by atoms with van der Waals surface area (Å²) in [5.74, 6) is 0.409. The Balaban J connectivity index is 1.90. The molecule has 26 heavy (non-hydrogen) atoms. The van der Waals surface area contributed by atoms with Gasteiger partial charge in [0, 0.05) is 31.2 Å². The van der Waals surface area contributed by atoms with E-state index in [4.69, 9.17) is 5.73 Å². The first kappa shape index (κ1) is 16.5. The molecular weight excluding hydrogens is 332 g/mol. The molecule has 134 valence electrons. The van der Waals surface area contributed by atoms with Crippen molar-refractivity contribution in [1.29, 1.82) is 0 Å². The Hall–Kier alpha value is -3.00. The lowest BCUT2D eigenvalue weighted by Gasteiger charge is -2.36. The van der Waals surface area contributed by atoms with Crippen LogP contribution in [0.3, 0.4) is 0 Å². The van der Waals surface area contributed by atoms with E-state index in [2.05, 4.69) is 15.1 Å². The molecule has 1 atom stereocenters. The standard InChI is InChI=1S/C18H20N6O2/c1-11-13-5-4-12(18(26)7-3-9-23(2)16(18)25)10-14(13)24(22-11)15-6-8-20-17(19)21-15/h4-6,8,10,26H,3,7,9H2,1-2H3,(H2,19,20,21). The zero-order valence-electron chi connectivity index (χ0n) is 14.7. The Labute approximate surface area is 150 Å². The molecule has 1 unspecified atom stereocenters. The smallest absolute Gasteiger partial charge is 0.258 e. The van der Waals surface area contributed by atoms with Crippen molar-refractivity contribution >= 4 is 22.8 Å². The van der Waals surface area contributed by atoms with Crippen LogP contribution < -0.4 is 5.73 Å². The zero-order chi connectivity index (χ0) is 18.5. The number of nitrogens with two attached hydrogens (primary N) is 1. The molecule has 2 aromatic heterocycles.